The molecule has 1 aromatic carbocycles. The summed E-state index contributed by atoms with van der Waals surface area (Å²) in [6.07, 6.45) is 1.71. The average molecular weight is 320 g/mol. The molecule has 0 bridgehead atoms. The lowest BCUT2D eigenvalue weighted by molar-refractivity contribution is 0.465. The first-order valence-electron chi connectivity index (χ1n) is 6.07. The van der Waals surface area contributed by atoms with Gasteiger partial charge in [0, 0.05) is 17.5 Å². The molecule has 0 saturated carbocycles. The number of pyridine rings is 1. The predicted octanol–water partition coefficient (Wildman–Crippen LogP) is 3.78. The normalized spacial score (nSPS) is 10.7. The Kier molecular flexibility index (Phi) is 4.08. The average Bonchev–Trinajstić information content (AvgIpc) is 2.96. The summed E-state index contributed by atoms with van der Waals surface area (Å²) in [7, 11) is 0. The lowest BCUT2D eigenvalue weighted by atomic mass is 10.2. The molecule has 3 rings (SSSR count). The monoisotopic (exact) mass is 319 g/mol. The second kappa shape index (κ2) is 6.15. The summed E-state index contributed by atoms with van der Waals surface area (Å²) in [5.41, 5.74) is 1.79. The number of hydrogen-bond acceptors (Lipinski definition) is 6. The van der Waals surface area contributed by atoms with Gasteiger partial charge in [-0.3, -0.25) is 0 Å². The maximum absolute atomic E-state index is 9.25. The van der Waals surface area contributed by atoms with Crippen molar-refractivity contribution in [2.45, 2.75) is 11.0 Å². The molecule has 5 nitrogen and oxygen atoms in total. The number of halogens is 1. The van der Waals surface area contributed by atoms with Gasteiger partial charge in [-0.15, -0.1) is 10.2 Å². The molecule has 0 aliphatic carbocycles. The van der Waals surface area contributed by atoms with Gasteiger partial charge in [0.05, 0.1) is 0 Å². The van der Waals surface area contributed by atoms with Crippen LogP contribution in [-0.2, 0) is 5.75 Å². The zero-order valence-corrected chi connectivity index (χ0v) is 12.3. The Morgan fingerprint density at radius 1 is 1.10 bits per heavy atom. The molecular weight excluding hydrogens is 310 g/mol. The first kappa shape index (κ1) is 13.9. The van der Waals surface area contributed by atoms with Crippen LogP contribution in [0.4, 0.5) is 0 Å². The number of benzene rings is 1. The second-order valence-electron chi connectivity index (χ2n) is 4.20. The van der Waals surface area contributed by atoms with Crippen LogP contribution in [0.3, 0.4) is 0 Å². The molecule has 0 amide bonds. The van der Waals surface area contributed by atoms with Crippen molar-refractivity contribution in [3.05, 3.63) is 53.3 Å². The highest BCUT2D eigenvalue weighted by atomic mass is 35.5. The lowest BCUT2D eigenvalue weighted by Crippen LogP contribution is -1.83. The van der Waals surface area contributed by atoms with Crippen molar-refractivity contribution in [3.63, 3.8) is 0 Å². The van der Waals surface area contributed by atoms with Crippen LogP contribution in [0, 0.1) is 0 Å². The fraction of sp³-hybridized carbons (Fsp3) is 0.0714. The van der Waals surface area contributed by atoms with Crippen LogP contribution < -0.4 is 0 Å². The molecule has 0 saturated heterocycles. The number of aromatic nitrogens is 3. The van der Waals surface area contributed by atoms with Crippen LogP contribution in [0.15, 0.2) is 52.2 Å². The quantitative estimate of drug-likeness (QED) is 0.583. The molecule has 106 valence electrons. The molecular formula is C14H10ClN3O2S. The van der Waals surface area contributed by atoms with E-state index in [9.17, 15) is 5.11 Å². The predicted molar refractivity (Wildman–Crippen MR) is 80.2 cm³/mol. The molecule has 0 unspecified atom stereocenters. The third-order valence-corrected chi connectivity index (χ3v) is 3.78. The van der Waals surface area contributed by atoms with Crippen molar-refractivity contribution in [1.29, 1.82) is 0 Å². The van der Waals surface area contributed by atoms with Crippen molar-refractivity contribution in [1.82, 2.24) is 15.2 Å². The van der Waals surface area contributed by atoms with Crippen molar-refractivity contribution in [2.75, 3.05) is 0 Å². The third kappa shape index (κ3) is 3.53. The second-order valence-corrected chi connectivity index (χ2v) is 5.51. The summed E-state index contributed by atoms with van der Waals surface area (Å²) < 4.78 is 5.57. The van der Waals surface area contributed by atoms with Crippen molar-refractivity contribution < 1.29 is 9.52 Å². The number of nitrogens with zero attached hydrogens (tertiary/aromatic N) is 3. The summed E-state index contributed by atoms with van der Waals surface area (Å²) in [4.78, 5) is 4.01. The van der Waals surface area contributed by atoms with Gasteiger partial charge >= 0.3 is 0 Å². The van der Waals surface area contributed by atoms with Gasteiger partial charge in [0.1, 0.15) is 10.9 Å². The minimum atomic E-state index is 0.197. The molecule has 3 aromatic rings. The fourth-order valence-electron chi connectivity index (χ4n) is 1.63. The van der Waals surface area contributed by atoms with E-state index in [2.05, 4.69) is 15.2 Å². The summed E-state index contributed by atoms with van der Waals surface area (Å²) in [5.74, 6) is 1.29. The van der Waals surface area contributed by atoms with E-state index in [4.69, 9.17) is 16.0 Å². The standard InChI is InChI=1S/C14H10ClN3O2S/c15-12-6-1-9(7-16-12)8-21-14-18-17-13(20-14)10-2-4-11(19)5-3-10/h1-7,19H,8H2. The molecule has 0 aliphatic heterocycles. The Balaban J connectivity index is 1.67. The Hall–Kier alpha value is -2.05. The molecule has 0 fully saturated rings. The molecule has 0 atom stereocenters. The molecule has 1 N–H and O–H groups in total. The minimum Gasteiger partial charge on any atom is -0.508 e. The Morgan fingerprint density at radius 2 is 1.90 bits per heavy atom. The Bertz CT molecular complexity index is 729. The molecule has 0 spiro atoms. The zero-order chi connectivity index (χ0) is 14.7. The first-order chi connectivity index (χ1) is 10.2. The summed E-state index contributed by atoms with van der Waals surface area (Å²) >= 11 is 7.16. The van der Waals surface area contributed by atoms with Crippen LogP contribution in [0.2, 0.25) is 5.15 Å². The van der Waals surface area contributed by atoms with E-state index in [-0.39, 0.29) is 5.75 Å². The van der Waals surface area contributed by atoms with Gasteiger partial charge in [-0.25, -0.2) is 4.98 Å². The highest BCUT2D eigenvalue weighted by Crippen LogP contribution is 2.26. The Labute approximate surface area is 130 Å². The van der Waals surface area contributed by atoms with Crippen molar-refractivity contribution in [3.8, 4) is 17.2 Å². The maximum atomic E-state index is 9.25. The summed E-state index contributed by atoms with van der Waals surface area (Å²) in [5, 5.41) is 18.2. The SMILES string of the molecule is Oc1ccc(-c2nnc(SCc3ccc(Cl)nc3)o2)cc1. The van der Waals surface area contributed by atoms with Gasteiger partial charge in [0.15, 0.2) is 0 Å². The fourth-order valence-corrected chi connectivity index (χ4v) is 2.43. The van der Waals surface area contributed by atoms with Gasteiger partial charge in [0.2, 0.25) is 5.89 Å². The number of hydrogen-bond donors (Lipinski definition) is 1. The van der Waals surface area contributed by atoms with E-state index in [1.165, 1.54) is 11.8 Å². The number of thioether (sulfide) groups is 1. The number of rotatable bonds is 4. The molecule has 0 radical (unpaired) electrons. The van der Waals surface area contributed by atoms with E-state index >= 15 is 0 Å². The van der Waals surface area contributed by atoms with E-state index in [1.807, 2.05) is 6.07 Å². The zero-order valence-electron chi connectivity index (χ0n) is 10.7. The van der Waals surface area contributed by atoms with Crippen LogP contribution in [-0.4, -0.2) is 20.3 Å². The van der Waals surface area contributed by atoms with Gasteiger partial charge in [-0.2, -0.15) is 0 Å². The van der Waals surface area contributed by atoms with Crippen LogP contribution in [0.1, 0.15) is 5.56 Å². The van der Waals surface area contributed by atoms with Gasteiger partial charge in [-0.05, 0) is 35.9 Å². The molecule has 7 heteroatoms. The van der Waals surface area contributed by atoms with Gasteiger partial charge in [-0.1, -0.05) is 29.4 Å². The third-order valence-electron chi connectivity index (χ3n) is 2.67. The lowest BCUT2D eigenvalue weighted by Gasteiger charge is -1.97. The van der Waals surface area contributed by atoms with Crippen LogP contribution in [0.5, 0.6) is 5.75 Å². The van der Waals surface area contributed by atoms with E-state index in [0.29, 0.717) is 22.0 Å². The highest BCUT2D eigenvalue weighted by Gasteiger charge is 2.09. The summed E-state index contributed by atoms with van der Waals surface area (Å²) in [6.45, 7) is 0. The highest BCUT2D eigenvalue weighted by molar-refractivity contribution is 7.98. The van der Waals surface area contributed by atoms with Gasteiger partial charge in [0.25, 0.3) is 5.22 Å². The molecule has 2 aromatic heterocycles. The maximum Gasteiger partial charge on any atom is 0.277 e. The molecule has 21 heavy (non-hydrogen) atoms. The van der Waals surface area contributed by atoms with Crippen LogP contribution >= 0.6 is 23.4 Å². The number of aromatic hydroxyl groups is 1. The molecule has 0 aliphatic rings. The molecule has 2 heterocycles. The topological polar surface area (TPSA) is 72.0 Å². The largest absolute Gasteiger partial charge is 0.508 e. The van der Waals surface area contributed by atoms with E-state index in [1.54, 1.807) is 36.5 Å². The van der Waals surface area contributed by atoms with Crippen molar-refractivity contribution in [2.24, 2.45) is 0 Å². The van der Waals surface area contributed by atoms with E-state index < -0.39 is 0 Å². The van der Waals surface area contributed by atoms with Gasteiger partial charge < -0.3 is 9.52 Å². The summed E-state index contributed by atoms with van der Waals surface area (Å²) in [6, 6.07) is 10.2. The first-order valence-corrected chi connectivity index (χ1v) is 7.43. The smallest absolute Gasteiger partial charge is 0.277 e. The Morgan fingerprint density at radius 3 is 2.62 bits per heavy atom. The van der Waals surface area contributed by atoms with Crippen LogP contribution in [0.25, 0.3) is 11.5 Å². The number of phenolic OH excluding ortho intramolecular Hbond substituents is 1. The minimum absolute atomic E-state index is 0.197. The number of phenols is 1. The van der Waals surface area contributed by atoms with E-state index in [0.717, 1.165) is 11.1 Å². The van der Waals surface area contributed by atoms with Crippen molar-refractivity contribution >= 4 is 23.4 Å².